The third-order valence-corrected chi connectivity index (χ3v) is 3.28. The van der Waals surface area contributed by atoms with Gasteiger partial charge in [-0.15, -0.1) is 12.4 Å². The zero-order chi connectivity index (χ0) is 15.2. The molecule has 2 rings (SSSR count). The van der Waals surface area contributed by atoms with Crippen molar-refractivity contribution in [1.82, 2.24) is 10.6 Å². The monoisotopic (exact) mass is 328 g/mol. The van der Waals surface area contributed by atoms with E-state index in [2.05, 4.69) is 16.0 Å². The lowest BCUT2D eigenvalue weighted by molar-refractivity contribution is -0.384. The minimum absolute atomic E-state index is 0. The molecule has 1 aliphatic carbocycles. The first-order chi connectivity index (χ1) is 10.1. The van der Waals surface area contributed by atoms with Crippen LogP contribution >= 0.6 is 12.4 Å². The van der Waals surface area contributed by atoms with Crippen molar-refractivity contribution >= 4 is 29.7 Å². The highest BCUT2D eigenvalue weighted by Crippen LogP contribution is 2.31. The van der Waals surface area contributed by atoms with E-state index in [1.807, 2.05) is 7.05 Å². The summed E-state index contributed by atoms with van der Waals surface area (Å²) in [4.78, 5) is 22.6. The first kappa shape index (κ1) is 18.2. The van der Waals surface area contributed by atoms with Gasteiger partial charge in [0, 0.05) is 24.2 Å². The van der Waals surface area contributed by atoms with E-state index in [1.165, 1.54) is 6.07 Å². The standard InChI is InChI=1S/C14H20N4O3.ClH/c1-15-7-2-8-16-14(19)10-3-6-12(17-11-4-5-11)13(9-10)18(20)21;/h3,6,9,11,15,17H,2,4-5,7-8H2,1H3,(H,16,19);1H. The smallest absolute Gasteiger partial charge is 0.293 e. The van der Waals surface area contributed by atoms with Crippen LogP contribution in [0, 0.1) is 10.1 Å². The molecule has 122 valence electrons. The second kappa shape index (κ2) is 8.55. The predicted molar refractivity (Wildman–Crippen MR) is 87.9 cm³/mol. The number of hydrogen-bond donors (Lipinski definition) is 3. The van der Waals surface area contributed by atoms with Gasteiger partial charge < -0.3 is 16.0 Å². The summed E-state index contributed by atoms with van der Waals surface area (Å²) in [6, 6.07) is 4.88. The van der Waals surface area contributed by atoms with Gasteiger partial charge in [-0.2, -0.15) is 0 Å². The van der Waals surface area contributed by atoms with Gasteiger partial charge in [-0.3, -0.25) is 14.9 Å². The molecule has 1 aromatic carbocycles. The van der Waals surface area contributed by atoms with Gasteiger partial charge in [0.25, 0.3) is 11.6 Å². The van der Waals surface area contributed by atoms with Crippen LogP contribution in [0.25, 0.3) is 0 Å². The van der Waals surface area contributed by atoms with Gasteiger partial charge in [0.1, 0.15) is 5.69 Å². The average molecular weight is 329 g/mol. The van der Waals surface area contributed by atoms with E-state index >= 15 is 0 Å². The molecule has 0 aromatic heterocycles. The maximum absolute atomic E-state index is 12.0. The van der Waals surface area contributed by atoms with Crippen LogP contribution in [-0.2, 0) is 0 Å². The molecule has 22 heavy (non-hydrogen) atoms. The summed E-state index contributed by atoms with van der Waals surface area (Å²) >= 11 is 0. The number of nitro benzene ring substituents is 1. The second-order valence-electron chi connectivity index (χ2n) is 5.12. The summed E-state index contributed by atoms with van der Waals surface area (Å²) in [6.45, 7) is 1.35. The van der Waals surface area contributed by atoms with Gasteiger partial charge in [0.15, 0.2) is 0 Å². The Morgan fingerprint density at radius 2 is 2.09 bits per heavy atom. The number of amides is 1. The molecule has 1 saturated carbocycles. The molecule has 1 fully saturated rings. The first-order valence-electron chi connectivity index (χ1n) is 7.09. The van der Waals surface area contributed by atoms with Gasteiger partial charge >= 0.3 is 0 Å². The fourth-order valence-corrected chi connectivity index (χ4v) is 1.96. The Balaban J connectivity index is 0.00000242. The van der Waals surface area contributed by atoms with E-state index in [9.17, 15) is 14.9 Å². The summed E-state index contributed by atoms with van der Waals surface area (Å²) in [5.74, 6) is -0.285. The van der Waals surface area contributed by atoms with Gasteiger partial charge in [0.2, 0.25) is 0 Å². The predicted octanol–water partition coefficient (Wildman–Crippen LogP) is 1.93. The van der Waals surface area contributed by atoms with Crippen LogP contribution in [-0.4, -0.2) is 37.0 Å². The number of nitro groups is 1. The number of halogens is 1. The molecule has 0 spiro atoms. The maximum Gasteiger partial charge on any atom is 0.293 e. The quantitative estimate of drug-likeness (QED) is 0.385. The van der Waals surface area contributed by atoms with Crippen molar-refractivity contribution in [2.45, 2.75) is 25.3 Å². The minimum atomic E-state index is -0.456. The molecule has 8 heteroatoms. The van der Waals surface area contributed by atoms with Crippen LogP contribution in [0.15, 0.2) is 18.2 Å². The number of carbonyl (C=O) groups excluding carboxylic acids is 1. The van der Waals surface area contributed by atoms with Crippen LogP contribution in [0.5, 0.6) is 0 Å². The zero-order valence-corrected chi connectivity index (χ0v) is 13.2. The molecule has 0 aliphatic heterocycles. The van der Waals surface area contributed by atoms with Crippen molar-refractivity contribution in [3.63, 3.8) is 0 Å². The maximum atomic E-state index is 12.0. The molecule has 1 amide bonds. The molecular formula is C14H21ClN4O3. The molecule has 0 saturated heterocycles. The topological polar surface area (TPSA) is 96.3 Å². The van der Waals surface area contributed by atoms with Gasteiger partial charge in [0.05, 0.1) is 4.92 Å². The van der Waals surface area contributed by atoms with Crippen molar-refractivity contribution in [3.8, 4) is 0 Å². The van der Waals surface area contributed by atoms with Crippen molar-refractivity contribution in [2.24, 2.45) is 0 Å². The molecule has 0 atom stereocenters. The zero-order valence-electron chi connectivity index (χ0n) is 12.4. The molecule has 3 N–H and O–H groups in total. The van der Waals surface area contributed by atoms with Crippen molar-refractivity contribution in [3.05, 3.63) is 33.9 Å². The molecular weight excluding hydrogens is 308 g/mol. The van der Waals surface area contributed by atoms with Crippen molar-refractivity contribution in [1.29, 1.82) is 0 Å². The Labute approximate surface area is 135 Å². The number of anilines is 1. The molecule has 1 aliphatic rings. The molecule has 0 heterocycles. The Morgan fingerprint density at radius 1 is 1.36 bits per heavy atom. The summed E-state index contributed by atoms with van der Waals surface area (Å²) < 4.78 is 0. The number of rotatable bonds is 8. The van der Waals surface area contributed by atoms with E-state index in [0.29, 0.717) is 23.8 Å². The Morgan fingerprint density at radius 3 is 2.68 bits per heavy atom. The van der Waals surface area contributed by atoms with E-state index in [-0.39, 0.29) is 24.0 Å². The SMILES string of the molecule is CNCCCNC(=O)c1ccc(NC2CC2)c([N+](=O)[O-])c1.Cl. The lowest BCUT2D eigenvalue weighted by Crippen LogP contribution is -2.26. The number of hydrogen-bond acceptors (Lipinski definition) is 5. The van der Waals surface area contributed by atoms with Crippen LogP contribution in [0.4, 0.5) is 11.4 Å². The fourth-order valence-electron chi connectivity index (χ4n) is 1.96. The van der Waals surface area contributed by atoms with Crippen LogP contribution in [0.1, 0.15) is 29.6 Å². The van der Waals surface area contributed by atoms with E-state index in [0.717, 1.165) is 25.8 Å². The average Bonchev–Trinajstić information content (AvgIpc) is 3.27. The van der Waals surface area contributed by atoms with E-state index in [1.54, 1.807) is 12.1 Å². The summed E-state index contributed by atoms with van der Waals surface area (Å²) in [6.07, 6.45) is 2.88. The molecule has 0 radical (unpaired) electrons. The molecule has 1 aromatic rings. The summed E-state index contributed by atoms with van der Waals surface area (Å²) in [7, 11) is 1.84. The van der Waals surface area contributed by atoms with Crippen LogP contribution < -0.4 is 16.0 Å². The lowest BCUT2D eigenvalue weighted by atomic mass is 10.1. The highest BCUT2D eigenvalue weighted by Gasteiger charge is 2.25. The van der Waals surface area contributed by atoms with Gasteiger partial charge in [-0.05, 0) is 45.0 Å². The summed E-state index contributed by atoms with van der Waals surface area (Å²) in [5, 5.41) is 20.0. The largest absolute Gasteiger partial charge is 0.377 e. The van der Waals surface area contributed by atoms with E-state index < -0.39 is 4.92 Å². The first-order valence-corrected chi connectivity index (χ1v) is 7.09. The van der Waals surface area contributed by atoms with Gasteiger partial charge in [-0.25, -0.2) is 0 Å². The number of nitrogens with zero attached hydrogens (tertiary/aromatic N) is 1. The van der Waals surface area contributed by atoms with Crippen molar-refractivity contribution in [2.75, 3.05) is 25.5 Å². The number of benzene rings is 1. The molecule has 0 bridgehead atoms. The summed E-state index contributed by atoms with van der Waals surface area (Å²) in [5.41, 5.74) is 0.742. The molecule has 0 unspecified atom stereocenters. The van der Waals surface area contributed by atoms with Gasteiger partial charge in [-0.1, -0.05) is 0 Å². The third-order valence-electron chi connectivity index (χ3n) is 3.28. The minimum Gasteiger partial charge on any atom is -0.377 e. The van der Waals surface area contributed by atoms with E-state index in [4.69, 9.17) is 0 Å². The van der Waals surface area contributed by atoms with Crippen LogP contribution in [0.3, 0.4) is 0 Å². The lowest BCUT2D eigenvalue weighted by Gasteiger charge is -2.08. The normalized spacial score (nSPS) is 13.1. The third kappa shape index (κ3) is 5.16. The Hall–Kier alpha value is -1.86. The Bertz CT molecular complexity index is 535. The highest BCUT2D eigenvalue weighted by atomic mass is 35.5. The fraction of sp³-hybridized carbons (Fsp3) is 0.500. The molecule has 7 nitrogen and oxygen atoms in total. The van der Waals surface area contributed by atoms with Crippen LogP contribution in [0.2, 0.25) is 0 Å². The Kier molecular flexibility index (Phi) is 7.07. The number of carbonyl (C=O) groups is 1. The number of nitrogens with one attached hydrogen (secondary N) is 3. The second-order valence-corrected chi connectivity index (χ2v) is 5.12. The van der Waals surface area contributed by atoms with Crippen molar-refractivity contribution < 1.29 is 9.72 Å². The highest BCUT2D eigenvalue weighted by molar-refractivity contribution is 5.95.